The molecule has 1 aliphatic rings. The second kappa shape index (κ2) is 6.70. The van der Waals surface area contributed by atoms with Crippen LogP contribution in [0.15, 0.2) is 72.9 Å². The molecule has 1 aliphatic heterocycles. The van der Waals surface area contributed by atoms with E-state index in [1.807, 2.05) is 30.3 Å². The third-order valence-corrected chi connectivity index (χ3v) is 5.78. The number of para-hydroxylation sites is 2. The molecule has 0 radical (unpaired) electrons. The molecule has 0 amide bonds. The van der Waals surface area contributed by atoms with Gasteiger partial charge >= 0.3 is 6.18 Å². The van der Waals surface area contributed by atoms with Gasteiger partial charge in [0.2, 0.25) is 0 Å². The van der Waals surface area contributed by atoms with E-state index >= 15 is 0 Å². The van der Waals surface area contributed by atoms with Crippen LogP contribution in [-0.4, -0.2) is 15.2 Å². The van der Waals surface area contributed by atoms with Crippen molar-refractivity contribution in [1.29, 1.82) is 0 Å². The number of aromatic nitrogens is 3. The van der Waals surface area contributed by atoms with Crippen LogP contribution >= 0.6 is 0 Å². The highest BCUT2D eigenvalue weighted by Crippen LogP contribution is 2.51. The lowest BCUT2D eigenvalue weighted by Gasteiger charge is -2.42. The van der Waals surface area contributed by atoms with Crippen LogP contribution in [0.2, 0.25) is 0 Å². The number of anilines is 3. The normalized spacial score (nSPS) is 14.8. The minimum absolute atomic E-state index is 0.146. The molecule has 3 heterocycles. The number of rotatable bonds is 2. The summed E-state index contributed by atoms with van der Waals surface area (Å²) in [4.78, 5) is 6.39. The maximum Gasteiger partial charge on any atom is 0.432 e. The summed E-state index contributed by atoms with van der Waals surface area (Å²) in [6.07, 6.45) is -2.89. The van der Waals surface area contributed by atoms with Gasteiger partial charge in [0.25, 0.3) is 0 Å². The van der Waals surface area contributed by atoms with Gasteiger partial charge in [-0.1, -0.05) is 50.2 Å². The zero-order chi connectivity index (χ0) is 21.8. The van der Waals surface area contributed by atoms with Crippen molar-refractivity contribution in [3.05, 3.63) is 89.7 Å². The summed E-state index contributed by atoms with van der Waals surface area (Å²) in [7, 11) is 0. The van der Waals surface area contributed by atoms with E-state index < -0.39 is 11.9 Å². The van der Waals surface area contributed by atoms with Crippen molar-refractivity contribution in [2.24, 2.45) is 0 Å². The number of fused-ring (bicyclic) bond motifs is 2. The maximum atomic E-state index is 13.0. The number of halogens is 3. The van der Waals surface area contributed by atoms with E-state index in [-0.39, 0.29) is 11.1 Å². The Labute approximate surface area is 177 Å². The molecule has 4 nitrogen and oxygen atoms in total. The SMILES string of the molecule is CC1(C)c2ccccc2N(c2ccnc(-c3cc(C(F)(F)F)[nH]n3)c2)c2ccccc21. The number of benzene rings is 2. The second-order valence-electron chi connectivity index (χ2n) is 8.06. The Bertz CT molecular complexity index is 1220. The molecule has 7 heteroatoms. The third kappa shape index (κ3) is 3.08. The minimum Gasteiger partial charge on any atom is -0.310 e. The average Bonchev–Trinajstić information content (AvgIpc) is 3.25. The molecule has 0 fully saturated rings. The molecular formula is C24H19F3N4. The molecule has 2 aromatic heterocycles. The number of nitrogens with zero attached hydrogens (tertiary/aromatic N) is 3. The first-order valence-corrected chi connectivity index (χ1v) is 9.85. The number of hydrogen-bond acceptors (Lipinski definition) is 3. The van der Waals surface area contributed by atoms with Crippen molar-refractivity contribution in [2.45, 2.75) is 25.4 Å². The van der Waals surface area contributed by atoms with E-state index in [1.165, 1.54) is 11.1 Å². The summed E-state index contributed by atoms with van der Waals surface area (Å²) in [6, 6.07) is 21.0. The molecule has 0 spiro atoms. The van der Waals surface area contributed by atoms with E-state index in [4.69, 9.17) is 0 Å². The molecule has 31 heavy (non-hydrogen) atoms. The topological polar surface area (TPSA) is 44.8 Å². The Balaban J connectivity index is 1.67. The largest absolute Gasteiger partial charge is 0.432 e. The lowest BCUT2D eigenvalue weighted by Crippen LogP contribution is -2.30. The summed E-state index contributed by atoms with van der Waals surface area (Å²) in [5.41, 5.74) is 4.63. The van der Waals surface area contributed by atoms with Crippen LogP contribution in [0.4, 0.5) is 30.2 Å². The number of aromatic amines is 1. The number of H-pyrrole nitrogens is 1. The number of nitrogens with one attached hydrogen (secondary N) is 1. The number of pyridine rings is 1. The molecule has 0 aliphatic carbocycles. The van der Waals surface area contributed by atoms with E-state index in [9.17, 15) is 13.2 Å². The van der Waals surface area contributed by atoms with Crippen molar-refractivity contribution in [1.82, 2.24) is 15.2 Å². The van der Waals surface area contributed by atoms with Crippen LogP contribution in [-0.2, 0) is 11.6 Å². The third-order valence-electron chi connectivity index (χ3n) is 5.78. The minimum atomic E-state index is -4.49. The monoisotopic (exact) mass is 420 g/mol. The summed E-state index contributed by atoms with van der Waals surface area (Å²) >= 11 is 0. The molecule has 0 unspecified atom stereocenters. The fourth-order valence-corrected chi connectivity index (χ4v) is 4.24. The van der Waals surface area contributed by atoms with E-state index in [2.05, 4.69) is 58.2 Å². The molecule has 0 bridgehead atoms. The summed E-state index contributed by atoms with van der Waals surface area (Å²) in [5, 5.41) is 5.88. The van der Waals surface area contributed by atoms with Gasteiger partial charge in [-0.25, -0.2) is 0 Å². The van der Waals surface area contributed by atoms with Gasteiger partial charge in [-0.3, -0.25) is 10.1 Å². The zero-order valence-corrected chi connectivity index (χ0v) is 16.9. The zero-order valence-electron chi connectivity index (χ0n) is 16.9. The highest BCUT2D eigenvalue weighted by atomic mass is 19.4. The Morgan fingerprint density at radius 3 is 2.03 bits per heavy atom. The predicted octanol–water partition coefficient (Wildman–Crippen LogP) is 6.60. The highest BCUT2D eigenvalue weighted by Gasteiger charge is 2.37. The van der Waals surface area contributed by atoms with Gasteiger partial charge in [0.15, 0.2) is 0 Å². The van der Waals surface area contributed by atoms with Gasteiger partial charge < -0.3 is 4.90 Å². The van der Waals surface area contributed by atoms with Gasteiger partial charge in [-0.15, -0.1) is 0 Å². The van der Waals surface area contributed by atoms with Crippen LogP contribution in [0.25, 0.3) is 11.4 Å². The molecular weight excluding hydrogens is 401 g/mol. The molecule has 0 saturated heterocycles. The average molecular weight is 420 g/mol. The lowest BCUT2D eigenvalue weighted by atomic mass is 9.73. The second-order valence-corrected chi connectivity index (χ2v) is 8.06. The van der Waals surface area contributed by atoms with Crippen molar-refractivity contribution in [3.63, 3.8) is 0 Å². The molecule has 1 N–H and O–H groups in total. The van der Waals surface area contributed by atoms with Crippen LogP contribution in [0.5, 0.6) is 0 Å². The Morgan fingerprint density at radius 1 is 0.839 bits per heavy atom. The summed E-state index contributed by atoms with van der Waals surface area (Å²) in [5.74, 6) is 0. The van der Waals surface area contributed by atoms with Crippen LogP contribution in [0.1, 0.15) is 30.7 Å². The molecule has 156 valence electrons. The van der Waals surface area contributed by atoms with Crippen molar-refractivity contribution in [2.75, 3.05) is 4.90 Å². The molecule has 5 rings (SSSR count). The van der Waals surface area contributed by atoms with E-state index in [0.717, 1.165) is 23.1 Å². The standard InChI is InChI=1S/C24H19F3N4/c1-23(2)16-7-3-5-9-20(16)31(21-10-6-4-8-17(21)23)15-11-12-28-18(13-15)19-14-22(30-29-19)24(25,26)27/h3-14H,1-2H3,(H,29,30). The van der Waals surface area contributed by atoms with Crippen LogP contribution in [0.3, 0.4) is 0 Å². The molecule has 4 aromatic rings. The Kier molecular flexibility index (Phi) is 4.18. The van der Waals surface area contributed by atoms with Gasteiger partial charge in [-0.2, -0.15) is 18.3 Å². The van der Waals surface area contributed by atoms with E-state index in [0.29, 0.717) is 5.69 Å². The highest BCUT2D eigenvalue weighted by molar-refractivity contribution is 5.86. The first kappa shape index (κ1) is 19.4. The summed E-state index contributed by atoms with van der Waals surface area (Å²) < 4.78 is 39.0. The quantitative estimate of drug-likeness (QED) is 0.397. The van der Waals surface area contributed by atoms with Crippen molar-refractivity contribution < 1.29 is 13.2 Å². The molecule has 0 atom stereocenters. The molecule has 0 saturated carbocycles. The van der Waals surface area contributed by atoms with Crippen molar-refractivity contribution in [3.8, 4) is 11.4 Å². The van der Waals surface area contributed by atoms with Crippen LogP contribution in [0, 0.1) is 0 Å². The summed E-state index contributed by atoms with van der Waals surface area (Å²) in [6.45, 7) is 4.39. The van der Waals surface area contributed by atoms with Crippen LogP contribution < -0.4 is 4.90 Å². The fraction of sp³-hybridized carbons (Fsp3) is 0.167. The van der Waals surface area contributed by atoms with E-state index in [1.54, 1.807) is 12.3 Å². The first-order valence-electron chi connectivity index (χ1n) is 9.85. The van der Waals surface area contributed by atoms with Crippen molar-refractivity contribution >= 4 is 17.1 Å². The fourth-order valence-electron chi connectivity index (χ4n) is 4.24. The smallest absolute Gasteiger partial charge is 0.310 e. The Hall–Kier alpha value is -3.61. The predicted molar refractivity (Wildman–Crippen MR) is 114 cm³/mol. The number of alkyl halides is 3. The number of hydrogen-bond donors (Lipinski definition) is 1. The van der Waals surface area contributed by atoms with Gasteiger partial charge in [0, 0.05) is 17.3 Å². The van der Waals surface area contributed by atoms with Gasteiger partial charge in [0.1, 0.15) is 11.4 Å². The molecule has 2 aromatic carbocycles. The lowest BCUT2D eigenvalue weighted by molar-refractivity contribution is -0.141. The Morgan fingerprint density at radius 2 is 1.45 bits per heavy atom. The maximum absolute atomic E-state index is 13.0. The first-order chi connectivity index (χ1) is 14.8. The van der Waals surface area contributed by atoms with Gasteiger partial charge in [-0.05, 0) is 41.5 Å². The van der Waals surface area contributed by atoms with Gasteiger partial charge in [0.05, 0.1) is 17.1 Å².